The van der Waals surface area contributed by atoms with Gasteiger partial charge in [0, 0.05) is 31.1 Å². The Balaban J connectivity index is 1.90. The third kappa shape index (κ3) is 3.39. The molecule has 2 aromatic rings. The molecule has 0 saturated heterocycles. The Morgan fingerprint density at radius 2 is 2.18 bits per heavy atom. The zero-order valence-corrected chi connectivity index (χ0v) is 9.78. The van der Waals surface area contributed by atoms with Crippen LogP contribution >= 0.6 is 11.6 Å². The van der Waals surface area contributed by atoms with Crippen molar-refractivity contribution in [3.63, 3.8) is 0 Å². The molecule has 0 atom stereocenters. The molecule has 0 amide bonds. The summed E-state index contributed by atoms with van der Waals surface area (Å²) in [6.45, 7) is 0.572. The van der Waals surface area contributed by atoms with Gasteiger partial charge in [-0.1, -0.05) is 17.7 Å². The van der Waals surface area contributed by atoms with Gasteiger partial charge in [0.15, 0.2) is 11.6 Å². The third-order valence-electron chi connectivity index (χ3n) is 2.21. The lowest BCUT2D eigenvalue weighted by Gasteiger charge is -2.06. The van der Waals surface area contributed by atoms with E-state index in [0.29, 0.717) is 13.0 Å². The SMILES string of the molecule is Fc1cc(Cl)cnc1NCCc1ccccn1. The highest BCUT2D eigenvalue weighted by Gasteiger charge is 2.03. The van der Waals surface area contributed by atoms with Crippen LogP contribution < -0.4 is 5.32 Å². The highest BCUT2D eigenvalue weighted by molar-refractivity contribution is 6.30. The molecule has 2 rings (SSSR count). The summed E-state index contributed by atoms with van der Waals surface area (Å²) in [5.74, 6) is -0.233. The number of anilines is 1. The van der Waals surface area contributed by atoms with Gasteiger partial charge < -0.3 is 5.32 Å². The normalized spacial score (nSPS) is 10.2. The van der Waals surface area contributed by atoms with Crippen LogP contribution in [0.15, 0.2) is 36.7 Å². The summed E-state index contributed by atoms with van der Waals surface area (Å²) >= 11 is 5.61. The van der Waals surface area contributed by atoms with Gasteiger partial charge in [-0.05, 0) is 18.2 Å². The lowest BCUT2D eigenvalue weighted by molar-refractivity contribution is 0.624. The number of rotatable bonds is 4. The predicted molar refractivity (Wildman–Crippen MR) is 65.6 cm³/mol. The monoisotopic (exact) mass is 251 g/mol. The van der Waals surface area contributed by atoms with Crippen molar-refractivity contribution in [3.05, 3.63) is 53.2 Å². The zero-order valence-electron chi connectivity index (χ0n) is 9.03. The lowest BCUT2D eigenvalue weighted by Crippen LogP contribution is -2.08. The molecule has 0 radical (unpaired) electrons. The number of pyridine rings is 2. The van der Waals surface area contributed by atoms with Crippen molar-refractivity contribution in [1.82, 2.24) is 9.97 Å². The summed E-state index contributed by atoms with van der Waals surface area (Å²) < 4.78 is 13.4. The van der Waals surface area contributed by atoms with Crippen molar-refractivity contribution >= 4 is 17.4 Å². The highest BCUT2D eigenvalue weighted by atomic mass is 35.5. The number of hydrogen-bond donors (Lipinski definition) is 1. The summed E-state index contributed by atoms with van der Waals surface area (Å²) in [6.07, 6.45) is 3.86. The molecule has 0 saturated carbocycles. The van der Waals surface area contributed by atoms with Crippen molar-refractivity contribution in [2.24, 2.45) is 0 Å². The molecule has 3 nitrogen and oxygen atoms in total. The van der Waals surface area contributed by atoms with Crippen molar-refractivity contribution in [1.29, 1.82) is 0 Å². The van der Waals surface area contributed by atoms with E-state index in [-0.39, 0.29) is 10.8 Å². The van der Waals surface area contributed by atoms with Gasteiger partial charge in [0.25, 0.3) is 0 Å². The summed E-state index contributed by atoms with van der Waals surface area (Å²) in [7, 11) is 0. The fraction of sp³-hybridized carbons (Fsp3) is 0.167. The Morgan fingerprint density at radius 1 is 1.29 bits per heavy atom. The van der Waals surface area contributed by atoms with E-state index >= 15 is 0 Å². The quantitative estimate of drug-likeness (QED) is 0.908. The minimum absolute atomic E-state index is 0.213. The molecule has 0 unspecified atom stereocenters. The molecule has 0 aromatic carbocycles. The van der Waals surface area contributed by atoms with Crippen LogP contribution in [0.4, 0.5) is 10.2 Å². The molecule has 0 spiro atoms. The number of nitrogens with zero attached hydrogens (tertiary/aromatic N) is 2. The standard InChI is InChI=1S/C12H11ClFN3/c13-9-7-11(14)12(17-8-9)16-6-4-10-3-1-2-5-15-10/h1-3,5,7-8H,4,6H2,(H,16,17). The van der Waals surface area contributed by atoms with Crippen LogP contribution in [0.3, 0.4) is 0 Å². The first kappa shape index (κ1) is 11.8. The number of hydrogen-bond acceptors (Lipinski definition) is 3. The van der Waals surface area contributed by atoms with Crippen LogP contribution in [0.25, 0.3) is 0 Å². The average Bonchev–Trinajstić information content (AvgIpc) is 2.33. The highest BCUT2D eigenvalue weighted by Crippen LogP contribution is 2.15. The van der Waals surface area contributed by atoms with Crippen LogP contribution in [-0.4, -0.2) is 16.5 Å². The molecule has 5 heteroatoms. The molecule has 88 valence electrons. The van der Waals surface area contributed by atoms with Crippen molar-refractivity contribution in [3.8, 4) is 0 Å². The van der Waals surface area contributed by atoms with Crippen LogP contribution in [-0.2, 0) is 6.42 Å². The lowest BCUT2D eigenvalue weighted by atomic mass is 10.3. The largest absolute Gasteiger partial charge is 0.367 e. The summed E-state index contributed by atoms with van der Waals surface area (Å²) in [5.41, 5.74) is 0.953. The Hall–Kier alpha value is -1.68. The van der Waals surface area contributed by atoms with Crippen LogP contribution in [0.1, 0.15) is 5.69 Å². The number of nitrogens with one attached hydrogen (secondary N) is 1. The number of halogens is 2. The second-order valence-corrected chi connectivity index (χ2v) is 3.92. The molecule has 2 heterocycles. The third-order valence-corrected chi connectivity index (χ3v) is 2.41. The van der Waals surface area contributed by atoms with Gasteiger partial charge in [0.1, 0.15) is 0 Å². The topological polar surface area (TPSA) is 37.8 Å². The molecular formula is C12H11ClFN3. The molecule has 0 aliphatic rings. The van der Waals surface area contributed by atoms with Gasteiger partial charge in [0.2, 0.25) is 0 Å². The van der Waals surface area contributed by atoms with Crippen LogP contribution in [0.5, 0.6) is 0 Å². The average molecular weight is 252 g/mol. The molecule has 0 fully saturated rings. The Morgan fingerprint density at radius 3 is 2.88 bits per heavy atom. The predicted octanol–water partition coefficient (Wildman–Crippen LogP) is 2.92. The van der Waals surface area contributed by atoms with Gasteiger partial charge in [-0.2, -0.15) is 0 Å². The molecule has 17 heavy (non-hydrogen) atoms. The first-order chi connectivity index (χ1) is 8.25. The molecule has 0 bridgehead atoms. The van der Waals surface area contributed by atoms with Crippen molar-refractivity contribution < 1.29 is 4.39 Å². The summed E-state index contributed by atoms with van der Waals surface area (Å²) in [6, 6.07) is 6.94. The van der Waals surface area contributed by atoms with E-state index in [0.717, 1.165) is 5.69 Å². The Labute approximate surface area is 104 Å². The van der Waals surface area contributed by atoms with Gasteiger partial charge in [0.05, 0.1) is 5.02 Å². The first-order valence-corrected chi connectivity index (χ1v) is 5.58. The maximum Gasteiger partial charge on any atom is 0.166 e. The van der Waals surface area contributed by atoms with Gasteiger partial charge in [-0.15, -0.1) is 0 Å². The maximum atomic E-state index is 13.4. The second kappa shape index (κ2) is 5.59. The van der Waals surface area contributed by atoms with Crippen LogP contribution in [0.2, 0.25) is 5.02 Å². The van der Waals surface area contributed by atoms with E-state index in [1.165, 1.54) is 12.3 Å². The van der Waals surface area contributed by atoms with Crippen molar-refractivity contribution in [2.45, 2.75) is 6.42 Å². The van der Waals surface area contributed by atoms with E-state index in [1.807, 2.05) is 18.2 Å². The Kier molecular flexibility index (Phi) is 3.88. The van der Waals surface area contributed by atoms with E-state index in [2.05, 4.69) is 15.3 Å². The zero-order chi connectivity index (χ0) is 12.1. The molecule has 2 aromatic heterocycles. The first-order valence-electron chi connectivity index (χ1n) is 5.20. The molecule has 1 N–H and O–H groups in total. The number of aromatic nitrogens is 2. The molecule has 0 aliphatic heterocycles. The molecule has 0 aliphatic carbocycles. The summed E-state index contributed by atoms with van der Waals surface area (Å²) in [4.78, 5) is 8.04. The van der Waals surface area contributed by atoms with Gasteiger partial charge in [-0.3, -0.25) is 4.98 Å². The molecular weight excluding hydrogens is 241 g/mol. The van der Waals surface area contributed by atoms with Crippen molar-refractivity contribution in [2.75, 3.05) is 11.9 Å². The fourth-order valence-electron chi connectivity index (χ4n) is 1.40. The second-order valence-electron chi connectivity index (χ2n) is 3.48. The summed E-state index contributed by atoms with van der Waals surface area (Å²) in [5, 5.41) is 3.19. The van der Waals surface area contributed by atoms with E-state index in [1.54, 1.807) is 6.20 Å². The van der Waals surface area contributed by atoms with Crippen LogP contribution in [0, 0.1) is 5.82 Å². The maximum absolute atomic E-state index is 13.4. The van der Waals surface area contributed by atoms with Gasteiger partial charge in [-0.25, -0.2) is 9.37 Å². The van der Waals surface area contributed by atoms with E-state index in [9.17, 15) is 4.39 Å². The smallest absolute Gasteiger partial charge is 0.166 e. The van der Waals surface area contributed by atoms with E-state index < -0.39 is 5.82 Å². The minimum atomic E-state index is -0.446. The fourth-order valence-corrected chi connectivity index (χ4v) is 1.54. The minimum Gasteiger partial charge on any atom is -0.367 e. The Bertz CT molecular complexity index is 490. The van der Waals surface area contributed by atoms with Gasteiger partial charge >= 0.3 is 0 Å². The van der Waals surface area contributed by atoms with E-state index in [4.69, 9.17) is 11.6 Å².